The highest BCUT2D eigenvalue weighted by atomic mass is 35.5. The van der Waals surface area contributed by atoms with Crippen molar-refractivity contribution in [1.82, 2.24) is 4.90 Å². The molecule has 0 radical (unpaired) electrons. The molecule has 0 aromatic heterocycles. The fraction of sp³-hybridized carbons (Fsp3) is 1.00. The second-order valence-corrected chi connectivity index (χ2v) is 6.39. The molecule has 0 unspecified atom stereocenters. The summed E-state index contributed by atoms with van der Waals surface area (Å²) >= 11 is 6.15. The molecule has 0 bridgehead atoms. The summed E-state index contributed by atoms with van der Waals surface area (Å²) in [4.78, 5) is 2.70. The summed E-state index contributed by atoms with van der Waals surface area (Å²) < 4.78 is 0. The van der Waals surface area contributed by atoms with Crippen LogP contribution in [0.4, 0.5) is 0 Å². The third-order valence-corrected chi connectivity index (χ3v) is 5.01. The number of likely N-dealkylation sites (tertiary alicyclic amines) is 1. The van der Waals surface area contributed by atoms with Crippen LogP contribution in [-0.2, 0) is 0 Å². The molecule has 0 aromatic carbocycles. The van der Waals surface area contributed by atoms with Crippen molar-refractivity contribution in [3.8, 4) is 0 Å². The van der Waals surface area contributed by atoms with Gasteiger partial charge in [-0.25, -0.2) is 0 Å². The molecule has 1 heterocycles. The minimum atomic E-state index is 0.474. The van der Waals surface area contributed by atoms with E-state index >= 15 is 0 Å². The smallest absolute Gasteiger partial charge is 0.0336 e. The SMILES string of the molecule is CCC1CCN(CC2CCC(Cl)CC2)CC1. The molecule has 0 N–H and O–H groups in total. The molecule has 16 heavy (non-hydrogen) atoms. The largest absolute Gasteiger partial charge is 0.303 e. The van der Waals surface area contributed by atoms with E-state index in [4.69, 9.17) is 11.6 Å². The average molecular weight is 244 g/mol. The highest BCUT2D eigenvalue weighted by molar-refractivity contribution is 6.20. The quantitative estimate of drug-likeness (QED) is 0.680. The topological polar surface area (TPSA) is 3.24 Å². The highest BCUT2D eigenvalue weighted by Crippen LogP contribution is 2.29. The molecule has 1 saturated heterocycles. The second-order valence-electron chi connectivity index (χ2n) is 5.77. The van der Waals surface area contributed by atoms with E-state index in [0.29, 0.717) is 5.38 Å². The predicted octanol–water partition coefficient (Wildman–Crippen LogP) is 3.91. The van der Waals surface area contributed by atoms with Gasteiger partial charge in [-0.3, -0.25) is 0 Å². The van der Waals surface area contributed by atoms with Crippen LogP contribution in [0.1, 0.15) is 51.9 Å². The monoisotopic (exact) mass is 243 g/mol. The molecule has 0 atom stereocenters. The van der Waals surface area contributed by atoms with Crippen LogP contribution in [0.5, 0.6) is 0 Å². The van der Waals surface area contributed by atoms with Crippen LogP contribution >= 0.6 is 11.6 Å². The minimum Gasteiger partial charge on any atom is -0.303 e. The van der Waals surface area contributed by atoms with E-state index in [0.717, 1.165) is 11.8 Å². The number of nitrogens with zero attached hydrogens (tertiary/aromatic N) is 1. The first-order valence-electron chi connectivity index (χ1n) is 7.14. The van der Waals surface area contributed by atoms with Gasteiger partial charge in [0.05, 0.1) is 0 Å². The Morgan fingerprint density at radius 3 is 2.12 bits per heavy atom. The van der Waals surface area contributed by atoms with E-state index in [1.807, 2.05) is 0 Å². The zero-order valence-electron chi connectivity index (χ0n) is 10.6. The first-order chi connectivity index (χ1) is 7.78. The number of hydrogen-bond donors (Lipinski definition) is 0. The molecule has 0 amide bonds. The van der Waals surface area contributed by atoms with Crippen LogP contribution in [-0.4, -0.2) is 29.9 Å². The number of halogens is 1. The lowest BCUT2D eigenvalue weighted by Crippen LogP contribution is -2.38. The summed E-state index contributed by atoms with van der Waals surface area (Å²) in [5, 5.41) is 0.474. The van der Waals surface area contributed by atoms with Crippen molar-refractivity contribution in [2.45, 2.75) is 57.2 Å². The summed E-state index contributed by atoms with van der Waals surface area (Å²) in [6.07, 6.45) is 9.47. The predicted molar refractivity (Wildman–Crippen MR) is 71.1 cm³/mol. The Kier molecular flexibility index (Phi) is 4.97. The zero-order chi connectivity index (χ0) is 11.4. The van der Waals surface area contributed by atoms with Crippen molar-refractivity contribution in [2.75, 3.05) is 19.6 Å². The van der Waals surface area contributed by atoms with Crippen molar-refractivity contribution >= 4 is 11.6 Å². The molecule has 0 aromatic rings. The van der Waals surface area contributed by atoms with E-state index in [1.165, 1.54) is 64.6 Å². The van der Waals surface area contributed by atoms with E-state index in [1.54, 1.807) is 0 Å². The fourth-order valence-electron chi connectivity index (χ4n) is 3.25. The van der Waals surface area contributed by atoms with Crippen LogP contribution in [0, 0.1) is 11.8 Å². The average Bonchev–Trinajstić information content (AvgIpc) is 2.33. The number of hydrogen-bond acceptors (Lipinski definition) is 1. The lowest BCUT2D eigenvalue weighted by Gasteiger charge is -2.35. The van der Waals surface area contributed by atoms with Crippen LogP contribution in [0.15, 0.2) is 0 Å². The molecular weight excluding hydrogens is 218 g/mol. The van der Waals surface area contributed by atoms with Gasteiger partial charge in [-0.2, -0.15) is 0 Å². The molecule has 1 aliphatic carbocycles. The maximum absolute atomic E-state index is 6.15. The summed E-state index contributed by atoms with van der Waals surface area (Å²) in [7, 11) is 0. The molecule has 2 fully saturated rings. The molecule has 0 spiro atoms. The van der Waals surface area contributed by atoms with Gasteiger partial charge in [-0.05, 0) is 63.5 Å². The van der Waals surface area contributed by atoms with E-state index in [2.05, 4.69) is 11.8 Å². The highest BCUT2D eigenvalue weighted by Gasteiger charge is 2.24. The summed E-state index contributed by atoms with van der Waals surface area (Å²) in [5.74, 6) is 1.95. The van der Waals surface area contributed by atoms with Gasteiger partial charge in [-0.15, -0.1) is 11.6 Å². The van der Waals surface area contributed by atoms with Gasteiger partial charge in [0, 0.05) is 11.9 Å². The van der Waals surface area contributed by atoms with Crippen molar-refractivity contribution in [3.05, 3.63) is 0 Å². The number of rotatable bonds is 3. The third-order valence-electron chi connectivity index (χ3n) is 4.58. The maximum atomic E-state index is 6.15. The summed E-state index contributed by atoms with van der Waals surface area (Å²) in [6, 6.07) is 0. The van der Waals surface area contributed by atoms with Crippen molar-refractivity contribution in [2.24, 2.45) is 11.8 Å². The minimum absolute atomic E-state index is 0.474. The van der Waals surface area contributed by atoms with E-state index < -0.39 is 0 Å². The second kappa shape index (κ2) is 6.26. The number of alkyl halides is 1. The lowest BCUT2D eigenvalue weighted by atomic mass is 9.87. The molecule has 2 heteroatoms. The summed E-state index contributed by atoms with van der Waals surface area (Å²) in [6.45, 7) is 6.38. The zero-order valence-corrected chi connectivity index (χ0v) is 11.4. The Balaban J connectivity index is 1.66. The molecular formula is C14H26ClN. The number of piperidine rings is 1. The molecule has 1 nitrogen and oxygen atoms in total. The fourth-order valence-corrected chi connectivity index (χ4v) is 3.50. The van der Waals surface area contributed by atoms with Crippen molar-refractivity contribution in [3.63, 3.8) is 0 Å². The van der Waals surface area contributed by atoms with Gasteiger partial charge in [0.1, 0.15) is 0 Å². The molecule has 2 aliphatic rings. The van der Waals surface area contributed by atoms with E-state index in [9.17, 15) is 0 Å². The van der Waals surface area contributed by atoms with E-state index in [-0.39, 0.29) is 0 Å². The van der Waals surface area contributed by atoms with Gasteiger partial charge in [0.15, 0.2) is 0 Å². The Morgan fingerprint density at radius 2 is 1.56 bits per heavy atom. The van der Waals surface area contributed by atoms with Gasteiger partial charge in [-0.1, -0.05) is 13.3 Å². The Labute approximate surface area is 106 Å². The Hall–Kier alpha value is 0.250. The molecule has 1 aliphatic heterocycles. The van der Waals surface area contributed by atoms with Gasteiger partial charge < -0.3 is 4.90 Å². The lowest BCUT2D eigenvalue weighted by molar-refractivity contribution is 0.145. The normalized spacial score (nSPS) is 34.1. The van der Waals surface area contributed by atoms with Crippen LogP contribution < -0.4 is 0 Å². The molecule has 94 valence electrons. The Morgan fingerprint density at radius 1 is 0.938 bits per heavy atom. The first kappa shape index (κ1) is 12.7. The molecule has 2 rings (SSSR count). The van der Waals surface area contributed by atoms with Crippen molar-refractivity contribution < 1.29 is 0 Å². The van der Waals surface area contributed by atoms with Gasteiger partial charge in [0.25, 0.3) is 0 Å². The van der Waals surface area contributed by atoms with Crippen LogP contribution in [0.25, 0.3) is 0 Å². The third kappa shape index (κ3) is 3.63. The maximum Gasteiger partial charge on any atom is 0.0336 e. The molecule has 1 saturated carbocycles. The Bertz CT molecular complexity index is 191. The van der Waals surface area contributed by atoms with Crippen LogP contribution in [0.3, 0.4) is 0 Å². The van der Waals surface area contributed by atoms with Gasteiger partial charge >= 0.3 is 0 Å². The standard InChI is InChI=1S/C14H26ClN/c1-2-12-7-9-16(10-8-12)11-13-3-5-14(15)6-4-13/h12-14H,2-11H2,1H3. The summed E-state index contributed by atoms with van der Waals surface area (Å²) in [5.41, 5.74) is 0. The van der Waals surface area contributed by atoms with Crippen molar-refractivity contribution in [1.29, 1.82) is 0 Å². The first-order valence-corrected chi connectivity index (χ1v) is 7.58. The van der Waals surface area contributed by atoms with Crippen LogP contribution in [0.2, 0.25) is 0 Å². The van der Waals surface area contributed by atoms with Gasteiger partial charge in [0.2, 0.25) is 0 Å².